The standard InChI is InChI=1S/C21H27NO3/c1-16(14-24-19-5-3-2-4-6-19)25-20-9-7-17(8-10-20)18-11-12-21(22,13-18)15-23/h2-10,16,18,23H,11-15,22H2,1H3/t16-,18-,21-/m1/s1. The van der Waals surface area contributed by atoms with Crippen molar-refractivity contribution in [2.75, 3.05) is 13.2 Å². The van der Waals surface area contributed by atoms with Crippen molar-refractivity contribution >= 4 is 0 Å². The molecule has 1 aliphatic rings. The van der Waals surface area contributed by atoms with Crippen molar-refractivity contribution in [3.8, 4) is 11.5 Å². The number of nitrogens with two attached hydrogens (primary N) is 1. The van der Waals surface area contributed by atoms with Gasteiger partial charge in [0.1, 0.15) is 24.2 Å². The van der Waals surface area contributed by atoms with Crippen LogP contribution in [0.25, 0.3) is 0 Å². The lowest BCUT2D eigenvalue weighted by Gasteiger charge is -2.21. The molecule has 3 N–H and O–H groups in total. The molecule has 3 rings (SSSR count). The first-order valence-electron chi connectivity index (χ1n) is 8.92. The lowest BCUT2D eigenvalue weighted by Crippen LogP contribution is -2.40. The molecular formula is C21H27NO3. The highest BCUT2D eigenvalue weighted by Gasteiger charge is 2.35. The number of benzene rings is 2. The summed E-state index contributed by atoms with van der Waals surface area (Å²) < 4.78 is 11.6. The van der Waals surface area contributed by atoms with Crippen molar-refractivity contribution in [3.05, 3.63) is 60.2 Å². The summed E-state index contributed by atoms with van der Waals surface area (Å²) in [5.74, 6) is 2.11. The van der Waals surface area contributed by atoms with Crippen LogP contribution in [0.1, 0.15) is 37.7 Å². The molecule has 0 aromatic heterocycles. The molecule has 2 aromatic carbocycles. The maximum Gasteiger partial charge on any atom is 0.130 e. The number of hydrogen-bond donors (Lipinski definition) is 2. The second kappa shape index (κ2) is 7.89. The van der Waals surface area contributed by atoms with Gasteiger partial charge in [-0.15, -0.1) is 0 Å². The van der Waals surface area contributed by atoms with Crippen LogP contribution in [0.3, 0.4) is 0 Å². The normalized spacial score (nSPS) is 24.0. The number of aliphatic hydroxyl groups is 1. The quantitative estimate of drug-likeness (QED) is 0.809. The van der Waals surface area contributed by atoms with Crippen LogP contribution in [0.15, 0.2) is 54.6 Å². The third-order valence-electron chi connectivity index (χ3n) is 4.88. The van der Waals surface area contributed by atoms with Crippen LogP contribution in [-0.4, -0.2) is 30.0 Å². The van der Waals surface area contributed by atoms with E-state index < -0.39 is 5.54 Å². The van der Waals surface area contributed by atoms with Gasteiger partial charge in [-0.25, -0.2) is 0 Å². The zero-order valence-electron chi connectivity index (χ0n) is 14.7. The van der Waals surface area contributed by atoms with E-state index in [1.54, 1.807) is 0 Å². The first kappa shape index (κ1) is 17.8. The van der Waals surface area contributed by atoms with Gasteiger partial charge in [-0.3, -0.25) is 0 Å². The number of ether oxygens (including phenoxy) is 2. The Morgan fingerprint density at radius 3 is 2.48 bits per heavy atom. The van der Waals surface area contributed by atoms with Crippen LogP contribution in [-0.2, 0) is 0 Å². The molecule has 0 saturated heterocycles. The van der Waals surface area contributed by atoms with E-state index in [1.165, 1.54) is 5.56 Å². The summed E-state index contributed by atoms with van der Waals surface area (Å²) in [4.78, 5) is 0. The Morgan fingerprint density at radius 1 is 1.12 bits per heavy atom. The molecule has 0 amide bonds. The van der Waals surface area contributed by atoms with Crippen molar-refractivity contribution in [3.63, 3.8) is 0 Å². The molecule has 1 fully saturated rings. The molecule has 0 bridgehead atoms. The van der Waals surface area contributed by atoms with Crippen molar-refractivity contribution in [1.29, 1.82) is 0 Å². The smallest absolute Gasteiger partial charge is 0.130 e. The Balaban J connectivity index is 1.50. The minimum Gasteiger partial charge on any atom is -0.490 e. The lowest BCUT2D eigenvalue weighted by atomic mass is 9.94. The van der Waals surface area contributed by atoms with Gasteiger partial charge in [0.05, 0.1) is 6.61 Å². The van der Waals surface area contributed by atoms with E-state index in [-0.39, 0.29) is 12.7 Å². The largest absolute Gasteiger partial charge is 0.490 e. The highest BCUT2D eigenvalue weighted by molar-refractivity contribution is 5.31. The Morgan fingerprint density at radius 2 is 1.84 bits per heavy atom. The molecule has 2 aromatic rings. The molecule has 3 atom stereocenters. The zero-order chi connectivity index (χ0) is 17.7. The second-order valence-corrected chi connectivity index (χ2v) is 7.08. The van der Waals surface area contributed by atoms with Gasteiger partial charge in [0, 0.05) is 5.54 Å². The van der Waals surface area contributed by atoms with Crippen molar-refractivity contribution in [1.82, 2.24) is 0 Å². The van der Waals surface area contributed by atoms with Gasteiger partial charge in [-0.2, -0.15) is 0 Å². The van der Waals surface area contributed by atoms with E-state index in [4.69, 9.17) is 15.2 Å². The third kappa shape index (κ3) is 4.74. The fourth-order valence-electron chi connectivity index (χ4n) is 3.40. The Bertz CT molecular complexity index is 659. The fourth-order valence-corrected chi connectivity index (χ4v) is 3.40. The number of aliphatic hydroxyl groups excluding tert-OH is 1. The van der Waals surface area contributed by atoms with Gasteiger partial charge in [0.2, 0.25) is 0 Å². The molecule has 25 heavy (non-hydrogen) atoms. The average molecular weight is 341 g/mol. The molecule has 0 radical (unpaired) electrons. The molecule has 1 saturated carbocycles. The minimum absolute atomic E-state index is 0.0383. The van der Waals surface area contributed by atoms with Crippen LogP contribution in [0.4, 0.5) is 0 Å². The molecule has 4 nitrogen and oxygen atoms in total. The van der Waals surface area contributed by atoms with E-state index in [2.05, 4.69) is 12.1 Å². The van der Waals surface area contributed by atoms with Gasteiger partial charge in [-0.1, -0.05) is 30.3 Å². The topological polar surface area (TPSA) is 64.7 Å². The molecule has 0 heterocycles. The third-order valence-corrected chi connectivity index (χ3v) is 4.88. The summed E-state index contributed by atoms with van der Waals surface area (Å²) in [6, 6.07) is 18.0. The first-order chi connectivity index (χ1) is 12.1. The summed E-state index contributed by atoms with van der Waals surface area (Å²) in [7, 11) is 0. The Hall–Kier alpha value is -2.04. The summed E-state index contributed by atoms with van der Waals surface area (Å²) in [6.07, 6.45) is 2.70. The minimum atomic E-state index is -0.414. The van der Waals surface area contributed by atoms with Gasteiger partial charge < -0.3 is 20.3 Å². The number of rotatable bonds is 7. The van der Waals surface area contributed by atoms with Gasteiger partial charge in [-0.05, 0) is 61.9 Å². The molecule has 1 aliphatic carbocycles. The Labute approximate surface area is 149 Å². The number of para-hydroxylation sites is 1. The highest BCUT2D eigenvalue weighted by Crippen LogP contribution is 2.39. The summed E-state index contributed by atoms with van der Waals surface area (Å²) in [5, 5.41) is 9.41. The SMILES string of the molecule is C[C@H](COc1ccccc1)Oc1ccc([C@@H]2CC[C@](N)(CO)C2)cc1. The predicted octanol–water partition coefficient (Wildman–Crippen LogP) is 3.49. The monoisotopic (exact) mass is 341 g/mol. The van der Waals surface area contributed by atoms with E-state index in [1.807, 2.05) is 49.4 Å². The van der Waals surface area contributed by atoms with Gasteiger partial charge in [0.15, 0.2) is 0 Å². The van der Waals surface area contributed by atoms with Crippen molar-refractivity contribution in [2.24, 2.45) is 5.73 Å². The highest BCUT2D eigenvalue weighted by atomic mass is 16.5. The van der Waals surface area contributed by atoms with E-state index in [9.17, 15) is 5.11 Å². The van der Waals surface area contributed by atoms with Crippen molar-refractivity contribution in [2.45, 2.75) is 43.7 Å². The van der Waals surface area contributed by atoms with Crippen LogP contribution in [0, 0.1) is 0 Å². The molecular weight excluding hydrogens is 314 g/mol. The molecule has 4 heteroatoms. The maximum atomic E-state index is 9.41. The fraction of sp³-hybridized carbons (Fsp3) is 0.429. The Kier molecular flexibility index (Phi) is 5.61. The lowest BCUT2D eigenvalue weighted by molar-refractivity contribution is 0.143. The number of hydrogen-bond acceptors (Lipinski definition) is 4. The van der Waals surface area contributed by atoms with Gasteiger partial charge >= 0.3 is 0 Å². The molecule has 134 valence electrons. The molecule has 0 aliphatic heterocycles. The predicted molar refractivity (Wildman–Crippen MR) is 99.1 cm³/mol. The van der Waals surface area contributed by atoms with E-state index in [0.717, 1.165) is 30.8 Å². The van der Waals surface area contributed by atoms with E-state index >= 15 is 0 Å². The van der Waals surface area contributed by atoms with Crippen LogP contribution in [0.5, 0.6) is 11.5 Å². The molecule has 0 unspecified atom stereocenters. The van der Waals surface area contributed by atoms with Crippen LogP contribution < -0.4 is 15.2 Å². The second-order valence-electron chi connectivity index (χ2n) is 7.08. The summed E-state index contributed by atoms with van der Waals surface area (Å²) in [5.41, 5.74) is 7.03. The molecule has 0 spiro atoms. The summed E-state index contributed by atoms with van der Waals surface area (Å²) >= 11 is 0. The van der Waals surface area contributed by atoms with Crippen LogP contribution >= 0.6 is 0 Å². The van der Waals surface area contributed by atoms with E-state index in [0.29, 0.717) is 12.5 Å². The van der Waals surface area contributed by atoms with Crippen molar-refractivity contribution < 1.29 is 14.6 Å². The maximum absolute atomic E-state index is 9.41. The van der Waals surface area contributed by atoms with Crippen LogP contribution in [0.2, 0.25) is 0 Å². The zero-order valence-corrected chi connectivity index (χ0v) is 14.7. The summed E-state index contributed by atoms with van der Waals surface area (Å²) in [6.45, 7) is 2.56. The van der Waals surface area contributed by atoms with Gasteiger partial charge in [0.25, 0.3) is 0 Å². The average Bonchev–Trinajstić information content (AvgIpc) is 3.04. The first-order valence-corrected chi connectivity index (χ1v) is 8.92.